The Morgan fingerprint density at radius 3 is 2.55 bits per heavy atom. The van der Waals surface area contributed by atoms with Crippen molar-refractivity contribution in [1.82, 2.24) is 14.8 Å². The predicted octanol–water partition coefficient (Wildman–Crippen LogP) is 1.49. The van der Waals surface area contributed by atoms with E-state index in [4.69, 9.17) is 5.14 Å². The molecule has 2 saturated carbocycles. The lowest BCUT2D eigenvalue weighted by Gasteiger charge is -2.22. The number of fused-ring (bicyclic) bond motifs is 2. The van der Waals surface area contributed by atoms with E-state index in [0.29, 0.717) is 5.92 Å². The molecule has 112 valence electrons. The van der Waals surface area contributed by atoms with Crippen molar-refractivity contribution in [3.8, 4) is 0 Å². The molecule has 3 unspecified atom stereocenters. The van der Waals surface area contributed by atoms with Crippen molar-refractivity contribution in [3.63, 3.8) is 0 Å². The van der Waals surface area contributed by atoms with Crippen LogP contribution < -0.4 is 5.14 Å². The van der Waals surface area contributed by atoms with Gasteiger partial charge in [0.25, 0.3) is 15.2 Å². The lowest BCUT2D eigenvalue weighted by Crippen LogP contribution is -2.22. The molecule has 0 aliphatic heterocycles. The Balaban J connectivity index is 1.88. The molecule has 0 spiro atoms. The minimum atomic E-state index is -3.81. The summed E-state index contributed by atoms with van der Waals surface area (Å²) in [4.78, 5) is 0. The van der Waals surface area contributed by atoms with Gasteiger partial charge in [-0.2, -0.15) is 0 Å². The van der Waals surface area contributed by atoms with E-state index in [0.717, 1.165) is 24.1 Å². The molecule has 2 aliphatic carbocycles. The van der Waals surface area contributed by atoms with Crippen LogP contribution in [0.3, 0.4) is 0 Å². The van der Waals surface area contributed by atoms with Crippen LogP contribution in [0.1, 0.15) is 51.4 Å². The lowest BCUT2D eigenvalue weighted by atomic mass is 9.86. The third-order valence-electron chi connectivity index (χ3n) is 4.84. The number of hydrogen-bond acceptors (Lipinski definition) is 4. The van der Waals surface area contributed by atoms with E-state index in [1.807, 2.05) is 13.8 Å². The molecule has 0 aromatic carbocycles. The van der Waals surface area contributed by atoms with Crippen LogP contribution in [-0.2, 0) is 16.4 Å². The Labute approximate surface area is 119 Å². The standard InChI is InChI=1S/C13H22N4O2S/c1-8(2)17-12(15-16-13(17)20(14,18)19)7-11-6-9-3-4-10(11)5-9/h8-11H,3-7H2,1-2H3,(H2,14,18,19). The molecular weight excluding hydrogens is 276 g/mol. The topological polar surface area (TPSA) is 90.9 Å². The van der Waals surface area contributed by atoms with E-state index >= 15 is 0 Å². The van der Waals surface area contributed by atoms with Crippen LogP contribution in [0, 0.1) is 17.8 Å². The third-order valence-corrected chi connectivity index (χ3v) is 5.62. The average Bonchev–Trinajstić information content (AvgIpc) is 3.00. The monoisotopic (exact) mass is 298 g/mol. The summed E-state index contributed by atoms with van der Waals surface area (Å²) in [7, 11) is -3.81. The Kier molecular flexibility index (Phi) is 3.36. The van der Waals surface area contributed by atoms with Crippen molar-refractivity contribution in [2.45, 2.75) is 57.1 Å². The molecule has 3 atom stereocenters. The summed E-state index contributed by atoms with van der Waals surface area (Å²) in [5.41, 5.74) is 0. The molecule has 2 bridgehead atoms. The Hall–Kier alpha value is -0.950. The highest BCUT2D eigenvalue weighted by atomic mass is 32.2. The summed E-state index contributed by atoms with van der Waals surface area (Å²) in [6.07, 6.45) is 6.08. The van der Waals surface area contributed by atoms with Crippen LogP contribution >= 0.6 is 0 Å². The van der Waals surface area contributed by atoms with Crippen molar-refractivity contribution in [3.05, 3.63) is 5.82 Å². The SMILES string of the molecule is CC(C)n1c(CC2CC3CCC2C3)nnc1S(N)(=O)=O. The van der Waals surface area contributed by atoms with Gasteiger partial charge in [-0.15, -0.1) is 10.2 Å². The second-order valence-corrected chi connectivity index (χ2v) is 8.00. The van der Waals surface area contributed by atoms with Gasteiger partial charge in [0.2, 0.25) is 0 Å². The number of primary sulfonamides is 1. The molecular formula is C13H22N4O2S. The molecule has 7 heteroatoms. The molecule has 2 N–H and O–H groups in total. The van der Waals surface area contributed by atoms with Gasteiger partial charge >= 0.3 is 0 Å². The van der Waals surface area contributed by atoms with Gasteiger partial charge in [0.1, 0.15) is 5.82 Å². The summed E-state index contributed by atoms with van der Waals surface area (Å²) in [5, 5.41) is 13.0. The third kappa shape index (κ3) is 2.37. The highest BCUT2D eigenvalue weighted by Gasteiger charge is 2.40. The van der Waals surface area contributed by atoms with Crippen molar-refractivity contribution >= 4 is 10.0 Å². The first-order valence-corrected chi connectivity index (χ1v) is 8.87. The first kappa shape index (κ1) is 14.0. The molecule has 2 fully saturated rings. The van der Waals surface area contributed by atoms with Gasteiger partial charge in [-0.25, -0.2) is 13.6 Å². The van der Waals surface area contributed by atoms with Gasteiger partial charge < -0.3 is 0 Å². The van der Waals surface area contributed by atoms with E-state index in [1.165, 1.54) is 25.7 Å². The molecule has 1 heterocycles. The molecule has 1 aromatic heterocycles. The van der Waals surface area contributed by atoms with Gasteiger partial charge in [-0.3, -0.25) is 4.57 Å². The van der Waals surface area contributed by atoms with Crippen molar-refractivity contribution in [1.29, 1.82) is 0 Å². The van der Waals surface area contributed by atoms with Crippen LogP contribution in [0.4, 0.5) is 0 Å². The largest absolute Gasteiger partial charge is 0.298 e. The quantitative estimate of drug-likeness (QED) is 0.911. The first-order valence-electron chi connectivity index (χ1n) is 7.33. The molecule has 0 amide bonds. The zero-order valence-corrected chi connectivity index (χ0v) is 12.8. The van der Waals surface area contributed by atoms with Crippen LogP contribution in [-0.4, -0.2) is 23.2 Å². The Morgan fingerprint density at radius 1 is 1.30 bits per heavy atom. The summed E-state index contributed by atoms with van der Waals surface area (Å²) in [5.74, 6) is 3.05. The summed E-state index contributed by atoms with van der Waals surface area (Å²) < 4.78 is 24.9. The minimum absolute atomic E-state index is 0.00749. The predicted molar refractivity (Wildman–Crippen MR) is 74.4 cm³/mol. The second-order valence-electron chi connectivity index (χ2n) is 6.55. The average molecular weight is 298 g/mol. The highest BCUT2D eigenvalue weighted by Crippen LogP contribution is 2.49. The molecule has 0 radical (unpaired) electrons. The molecule has 2 aliphatic rings. The normalized spacial score (nSPS) is 29.5. The molecule has 20 heavy (non-hydrogen) atoms. The molecule has 0 saturated heterocycles. The van der Waals surface area contributed by atoms with Gasteiger partial charge in [-0.05, 0) is 50.9 Å². The van der Waals surface area contributed by atoms with E-state index in [-0.39, 0.29) is 11.2 Å². The number of nitrogens with zero attached hydrogens (tertiary/aromatic N) is 3. The maximum absolute atomic E-state index is 11.6. The Morgan fingerprint density at radius 2 is 2.05 bits per heavy atom. The fourth-order valence-electron chi connectivity index (χ4n) is 4.02. The van der Waals surface area contributed by atoms with Crippen LogP contribution in [0.15, 0.2) is 5.16 Å². The smallest absolute Gasteiger partial charge is 0.273 e. The number of rotatable bonds is 4. The van der Waals surface area contributed by atoms with Gasteiger partial charge in [0.15, 0.2) is 0 Å². The van der Waals surface area contributed by atoms with Crippen molar-refractivity contribution in [2.24, 2.45) is 22.9 Å². The lowest BCUT2D eigenvalue weighted by molar-refractivity contribution is 0.320. The van der Waals surface area contributed by atoms with E-state index < -0.39 is 10.0 Å². The number of hydrogen-bond donors (Lipinski definition) is 1. The van der Waals surface area contributed by atoms with Crippen LogP contribution in [0.5, 0.6) is 0 Å². The zero-order valence-electron chi connectivity index (χ0n) is 12.0. The number of aromatic nitrogens is 3. The van der Waals surface area contributed by atoms with Crippen molar-refractivity contribution < 1.29 is 8.42 Å². The van der Waals surface area contributed by atoms with E-state index in [1.54, 1.807) is 4.57 Å². The molecule has 6 nitrogen and oxygen atoms in total. The maximum atomic E-state index is 11.6. The summed E-state index contributed by atoms with van der Waals surface area (Å²) in [6.45, 7) is 3.87. The van der Waals surface area contributed by atoms with E-state index in [2.05, 4.69) is 10.2 Å². The minimum Gasteiger partial charge on any atom is -0.298 e. The first-order chi connectivity index (χ1) is 9.36. The van der Waals surface area contributed by atoms with Gasteiger partial charge in [0, 0.05) is 12.5 Å². The van der Waals surface area contributed by atoms with Crippen molar-refractivity contribution in [2.75, 3.05) is 0 Å². The number of nitrogens with two attached hydrogens (primary N) is 1. The fourth-order valence-corrected chi connectivity index (χ4v) is 4.77. The summed E-state index contributed by atoms with van der Waals surface area (Å²) >= 11 is 0. The maximum Gasteiger partial charge on any atom is 0.273 e. The van der Waals surface area contributed by atoms with Gasteiger partial charge in [-0.1, -0.05) is 6.42 Å². The van der Waals surface area contributed by atoms with Crippen LogP contribution in [0.25, 0.3) is 0 Å². The molecule has 1 aromatic rings. The second kappa shape index (κ2) is 4.80. The zero-order chi connectivity index (χ0) is 14.5. The number of sulfonamides is 1. The highest BCUT2D eigenvalue weighted by molar-refractivity contribution is 7.89. The fraction of sp³-hybridized carbons (Fsp3) is 0.846. The Bertz CT molecular complexity index is 608. The van der Waals surface area contributed by atoms with Crippen LogP contribution in [0.2, 0.25) is 0 Å². The summed E-state index contributed by atoms with van der Waals surface area (Å²) in [6, 6.07) is -0.00749. The molecule has 3 rings (SSSR count). The van der Waals surface area contributed by atoms with E-state index in [9.17, 15) is 8.42 Å². The van der Waals surface area contributed by atoms with Gasteiger partial charge in [0.05, 0.1) is 0 Å².